The normalized spacial score (nSPS) is 14.0. The molecule has 0 spiro atoms. The number of aryl methyl sites for hydroxylation is 2. The zero-order chi connectivity index (χ0) is 16.0. The summed E-state index contributed by atoms with van der Waals surface area (Å²) >= 11 is 0. The Morgan fingerprint density at radius 3 is 2.43 bits per heavy atom. The van der Waals surface area contributed by atoms with Gasteiger partial charge in [0.05, 0.1) is 24.4 Å². The van der Waals surface area contributed by atoms with Crippen LogP contribution in [-0.4, -0.2) is 28.9 Å². The van der Waals surface area contributed by atoms with Crippen LogP contribution < -0.4 is 10.6 Å². The van der Waals surface area contributed by atoms with Gasteiger partial charge in [0.15, 0.2) is 0 Å². The molecule has 1 rings (SSSR count). The van der Waals surface area contributed by atoms with Crippen molar-refractivity contribution in [2.24, 2.45) is 5.92 Å². The first-order valence-corrected chi connectivity index (χ1v) is 7.49. The minimum atomic E-state index is -0.276. The number of carbonyl (C=O) groups excluding carboxylic acids is 1. The van der Waals surface area contributed by atoms with Gasteiger partial charge in [-0.15, -0.1) is 0 Å². The van der Waals surface area contributed by atoms with Gasteiger partial charge >= 0.3 is 6.03 Å². The van der Waals surface area contributed by atoms with Crippen LogP contribution in [0.4, 0.5) is 4.79 Å². The molecule has 0 bridgehead atoms. The van der Waals surface area contributed by atoms with E-state index >= 15 is 0 Å². The van der Waals surface area contributed by atoms with E-state index in [1.165, 1.54) is 0 Å². The lowest BCUT2D eigenvalue weighted by molar-refractivity contribution is 0.204. The molecule has 1 aromatic heterocycles. The van der Waals surface area contributed by atoms with Crippen molar-refractivity contribution in [3.8, 4) is 0 Å². The Morgan fingerprint density at radius 2 is 2.00 bits per heavy atom. The van der Waals surface area contributed by atoms with Crippen LogP contribution in [-0.2, 0) is 0 Å². The predicted molar refractivity (Wildman–Crippen MR) is 81.0 cm³/mol. The Balaban J connectivity index is 2.67. The van der Waals surface area contributed by atoms with Gasteiger partial charge in [-0.3, -0.25) is 0 Å². The van der Waals surface area contributed by atoms with Gasteiger partial charge in [0, 0.05) is 5.56 Å². The van der Waals surface area contributed by atoms with Gasteiger partial charge in [-0.2, -0.15) is 0 Å². The molecular formula is C15H27N3O3. The van der Waals surface area contributed by atoms with Gasteiger partial charge in [0.2, 0.25) is 0 Å². The molecule has 6 nitrogen and oxygen atoms in total. The lowest BCUT2D eigenvalue weighted by Crippen LogP contribution is -2.45. The second kappa shape index (κ2) is 8.02. The van der Waals surface area contributed by atoms with Crippen LogP contribution in [0.1, 0.15) is 56.7 Å². The number of carbonyl (C=O) groups is 1. The fourth-order valence-corrected chi connectivity index (χ4v) is 2.50. The predicted octanol–water partition coefficient (Wildman–Crippen LogP) is 2.45. The quantitative estimate of drug-likeness (QED) is 0.721. The molecule has 0 fully saturated rings. The fraction of sp³-hybridized carbons (Fsp3) is 0.733. The largest absolute Gasteiger partial charge is 0.394 e. The van der Waals surface area contributed by atoms with Crippen LogP contribution in [0.2, 0.25) is 0 Å². The molecule has 0 aliphatic heterocycles. The zero-order valence-corrected chi connectivity index (χ0v) is 13.6. The van der Waals surface area contributed by atoms with Crippen LogP contribution >= 0.6 is 0 Å². The van der Waals surface area contributed by atoms with Gasteiger partial charge in [-0.1, -0.05) is 25.9 Å². The van der Waals surface area contributed by atoms with Crippen molar-refractivity contribution < 1.29 is 14.4 Å². The molecule has 1 heterocycles. The maximum absolute atomic E-state index is 12.1. The minimum absolute atomic E-state index is 0.0618. The summed E-state index contributed by atoms with van der Waals surface area (Å²) in [4.78, 5) is 12.1. The number of hydrogen-bond donors (Lipinski definition) is 3. The highest BCUT2D eigenvalue weighted by Gasteiger charge is 2.22. The number of nitrogens with zero attached hydrogens (tertiary/aromatic N) is 1. The summed E-state index contributed by atoms with van der Waals surface area (Å²) in [6, 6.07) is -0.650. The maximum atomic E-state index is 12.1. The van der Waals surface area contributed by atoms with Crippen molar-refractivity contribution in [3.05, 3.63) is 17.0 Å². The number of aromatic nitrogens is 1. The van der Waals surface area contributed by atoms with E-state index in [1.54, 1.807) is 0 Å². The summed E-state index contributed by atoms with van der Waals surface area (Å²) in [5, 5.41) is 19.0. The highest BCUT2D eigenvalue weighted by Crippen LogP contribution is 2.23. The first-order chi connectivity index (χ1) is 9.88. The minimum Gasteiger partial charge on any atom is -0.394 e. The molecule has 120 valence electrons. The van der Waals surface area contributed by atoms with Crippen LogP contribution in [0.5, 0.6) is 0 Å². The Bertz CT molecular complexity index is 438. The number of aliphatic hydroxyl groups is 1. The van der Waals surface area contributed by atoms with E-state index in [4.69, 9.17) is 4.52 Å². The van der Waals surface area contributed by atoms with Gasteiger partial charge in [-0.25, -0.2) is 4.79 Å². The molecule has 2 amide bonds. The molecule has 0 radical (unpaired) electrons. The van der Waals surface area contributed by atoms with E-state index in [9.17, 15) is 9.90 Å². The third-order valence-corrected chi connectivity index (χ3v) is 3.46. The number of nitrogens with one attached hydrogen (secondary N) is 2. The van der Waals surface area contributed by atoms with Gasteiger partial charge in [-0.05, 0) is 32.6 Å². The maximum Gasteiger partial charge on any atom is 0.315 e. The third kappa shape index (κ3) is 5.04. The van der Waals surface area contributed by atoms with Crippen molar-refractivity contribution >= 4 is 6.03 Å². The Labute approximate surface area is 126 Å². The molecular weight excluding hydrogens is 270 g/mol. The average molecular weight is 297 g/mol. The van der Waals surface area contributed by atoms with Crippen LogP contribution in [0.15, 0.2) is 4.52 Å². The van der Waals surface area contributed by atoms with E-state index in [0.717, 1.165) is 29.9 Å². The highest BCUT2D eigenvalue weighted by atomic mass is 16.5. The van der Waals surface area contributed by atoms with Crippen molar-refractivity contribution in [1.82, 2.24) is 15.8 Å². The van der Waals surface area contributed by atoms with Crippen molar-refractivity contribution in [2.75, 3.05) is 6.61 Å². The second-order valence-electron chi connectivity index (χ2n) is 5.83. The monoisotopic (exact) mass is 297 g/mol. The Morgan fingerprint density at radius 1 is 1.33 bits per heavy atom. The molecule has 21 heavy (non-hydrogen) atoms. The molecule has 6 heteroatoms. The number of amides is 2. The van der Waals surface area contributed by atoms with E-state index < -0.39 is 0 Å². The van der Waals surface area contributed by atoms with Crippen molar-refractivity contribution in [3.63, 3.8) is 0 Å². The summed E-state index contributed by atoms with van der Waals surface area (Å²) in [6.07, 6.45) is 1.48. The lowest BCUT2D eigenvalue weighted by atomic mass is 10.0. The Kier molecular flexibility index (Phi) is 6.68. The molecule has 2 atom stereocenters. The average Bonchev–Trinajstić information content (AvgIpc) is 2.74. The molecule has 0 aliphatic carbocycles. The van der Waals surface area contributed by atoms with Crippen molar-refractivity contribution in [2.45, 2.75) is 59.5 Å². The first kappa shape index (κ1) is 17.5. The Hall–Kier alpha value is -1.56. The van der Waals surface area contributed by atoms with Crippen LogP contribution in [0.25, 0.3) is 0 Å². The SMILES string of the molecule is CCC(NC(=O)NC(CO)CC(C)C)c1c(C)noc1C. The van der Waals surface area contributed by atoms with Gasteiger partial charge in [0.1, 0.15) is 5.76 Å². The van der Waals surface area contributed by atoms with E-state index in [2.05, 4.69) is 29.6 Å². The second-order valence-corrected chi connectivity index (χ2v) is 5.83. The number of urea groups is 1. The van der Waals surface area contributed by atoms with E-state index in [0.29, 0.717) is 5.92 Å². The van der Waals surface area contributed by atoms with E-state index in [1.807, 2.05) is 20.8 Å². The first-order valence-electron chi connectivity index (χ1n) is 7.49. The van der Waals surface area contributed by atoms with Gasteiger partial charge in [0.25, 0.3) is 0 Å². The topological polar surface area (TPSA) is 87.4 Å². The highest BCUT2D eigenvalue weighted by molar-refractivity contribution is 5.74. The van der Waals surface area contributed by atoms with Crippen molar-refractivity contribution in [1.29, 1.82) is 0 Å². The summed E-state index contributed by atoms with van der Waals surface area (Å²) in [7, 11) is 0. The van der Waals surface area contributed by atoms with Crippen LogP contribution in [0.3, 0.4) is 0 Å². The summed E-state index contributed by atoms with van der Waals surface area (Å²) in [5.74, 6) is 1.13. The molecule has 3 N–H and O–H groups in total. The third-order valence-electron chi connectivity index (χ3n) is 3.46. The molecule has 0 saturated carbocycles. The summed E-state index contributed by atoms with van der Waals surface area (Å²) in [5.41, 5.74) is 1.72. The molecule has 2 unspecified atom stereocenters. The molecule has 0 aromatic carbocycles. The number of aliphatic hydroxyl groups excluding tert-OH is 1. The molecule has 1 aromatic rings. The summed E-state index contributed by atoms with van der Waals surface area (Å²) in [6.45, 7) is 9.75. The smallest absolute Gasteiger partial charge is 0.315 e. The standard InChI is InChI=1S/C15H27N3O3/c1-6-13(14-10(4)18-21-11(14)5)17-15(20)16-12(8-19)7-9(2)3/h9,12-13,19H,6-8H2,1-5H3,(H2,16,17,20). The zero-order valence-electron chi connectivity index (χ0n) is 13.6. The van der Waals surface area contributed by atoms with E-state index in [-0.39, 0.29) is 24.7 Å². The molecule has 0 saturated heterocycles. The number of rotatable bonds is 7. The van der Waals surface area contributed by atoms with Gasteiger partial charge < -0.3 is 20.3 Å². The summed E-state index contributed by atoms with van der Waals surface area (Å²) < 4.78 is 5.15. The number of hydrogen-bond acceptors (Lipinski definition) is 4. The lowest BCUT2D eigenvalue weighted by Gasteiger charge is -2.22. The van der Waals surface area contributed by atoms with Crippen LogP contribution in [0, 0.1) is 19.8 Å². The molecule has 0 aliphatic rings. The fourth-order valence-electron chi connectivity index (χ4n) is 2.50.